The van der Waals surface area contributed by atoms with Crippen LogP contribution in [0.4, 0.5) is 5.69 Å². The second-order valence-corrected chi connectivity index (χ2v) is 5.80. The van der Waals surface area contributed by atoms with Crippen LogP contribution in [0.1, 0.15) is 23.1 Å². The van der Waals surface area contributed by atoms with Gasteiger partial charge in [0.1, 0.15) is 0 Å². The van der Waals surface area contributed by atoms with Crippen molar-refractivity contribution in [2.24, 2.45) is 0 Å². The van der Waals surface area contributed by atoms with Gasteiger partial charge in [0.25, 0.3) is 5.91 Å². The molecule has 0 aliphatic carbocycles. The molecule has 122 valence electrons. The molecule has 1 aliphatic rings. The van der Waals surface area contributed by atoms with Gasteiger partial charge in [-0.05, 0) is 37.3 Å². The molecule has 1 aliphatic heterocycles. The smallest absolute Gasteiger partial charge is 0.276 e. The molecule has 3 aromatic rings. The molecule has 4 rings (SSSR count). The van der Waals surface area contributed by atoms with Crippen molar-refractivity contribution in [2.45, 2.75) is 26.1 Å². The fourth-order valence-electron chi connectivity index (χ4n) is 2.69. The number of carbonyl (C=O) groups is 1. The molecule has 0 fully saturated rings. The van der Waals surface area contributed by atoms with Gasteiger partial charge in [-0.15, -0.1) is 0 Å². The lowest BCUT2D eigenvalue weighted by Crippen LogP contribution is -2.36. The summed E-state index contributed by atoms with van der Waals surface area (Å²) in [7, 11) is 0. The van der Waals surface area contributed by atoms with Crippen LogP contribution in [0.2, 0.25) is 0 Å². The highest BCUT2D eigenvalue weighted by molar-refractivity contribution is 6.02. The van der Waals surface area contributed by atoms with Crippen LogP contribution in [0.5, 0.6) is 0 Å². The summed E-state index contributed by atoms with van der Waals surface area (Å²) in [6.45, 7) is 3.60. The molecule has 2 N–H and O–H groups in total. The standard InChI is InChI=1S/C16H17N7O/c1-11-10-22-14(9-17-11)8-15(21-22)16(24)20-12-2-4-13(5-3-12)23-18-6-7-19-23/h2-8,11,17H,9-10H2,1H3,(H,20,24). The molecule has 0 saturated heterocycles. The fourth-order valence-corrected chi connectivity index (χ4v) is 2.69. The van der Waals surface area contributed by atoms with E-state index in [4.69, 9.17) is 0 Å². The van der Waals surface area contributed by atoms with Crippen LogP contribution in [0, 0.1) is 0 Å². The Morgan fingerprint density at radius 1 is 1.25 bits per heavy atom. The van der Waals surface area contributed by atoms with E-state index in [-0.39, 0.29) is 5.91 Å². The number of aromatic nitrogens is 5. The van der Waals surface area contributed by atoms with Crippen LogP contribution in [0.3, 0.4) is 0 Å². The Morgan fingerprint density at radius 3 is 2.75 bits per heavy atom. The summed E-state index contributed by atoms with van der Waals surface area (Å²) >= 11 is 0. The van der Waals surface area contributed by atoms with E-state index in [0.717, 1.165) is 24.5 Å². The lowest BCUT2D eigenvalue weighted by Gasteiger charge is -2.21. The number of anilines is 1. The molecule has 0 saturated carbocycles. The molecule has 0 spiro atoms. The van der Waals surface area contributed by atoms with Gasteiger partial charge in [0.15, 0.2) is 5.69 Å². The molecule has 1 atom stereocenters. The highest BCUT2D eigenvalue weighted by Crippen LogP contribution is 2.15. The van der Waals surface area contributed by atoms with Gasteiger partial charge in [-0.25, -0.2) is 0 Å². The van der Waals surface area contributed by atoms with Crippen LogP contribution in [-0.2, 0) is 13.1 Å². The Hall–Kier alpha value is -3.00. The first-order valence-electron chi connectivity index (χ1n) is 7.77. The van der Waals surface area contributed by atoms with Crippen LogP contribution >= 0.6 is 0 Å². The van der Waals surface area contributed by atoms with Gasteiger partial charge in [-0.2, -0.15) is 20.1 Å². The molecular weight excluding hydrogens is 306 g/mol. The summed E-state index contributed by atoms with van der Waals surface area (Å²) in [6, 6.07) is 9.51. The van der Waals surface area contributed by atoms with E-state index in [1.165, 1.54) is 4.80 Å². The van der Waals surface area contributed by atoms with Crippen molar-refractivity contribution in [3.63, 3.8) is 0 Å². The number of hydrogen-bond acceptors (Lipinski definition) is 5. The van der Waals surface area contributed by atoms with E-state index in [1.54, 1.807) is 12.4 Å². The minimum absolute atomic E-state index is 0.213. The zero-order chi connectivity index (χ0) is 16.5. The maximum Gasteiger partial charge on any atom is 0.276 e. The average molecular weight is 323 g/mol. The second kappa shape index (κ2) is 5.89. The number of hydrogen-bond donors (Lipinski definition) is 2. The summed E-state index contributed by atoms with van der Waals surface area (Å²) in [5, 5.41) is 18.7. The summed E-state index contributed by atoms with van der Waals surface area (Å²) in [4.78, 5) is 13.9. The van der Waals surface area contributed by atoms with Crippen molar-refractivity contribution < 1.29 is 4.79 Å². The van der Waals surface area contributed by atoms with Crippen molar-refractivity contribution in [3.05, 3.63) is 54.1 Å². The Bertz CT molecular complexity index is 851. The summed E-state index contributed by atoms with van der Waals surface area (Å²) in [6.07, 6.45) is 3.23. The molecule has 0 radical (unpaired) electrons. The quantitative estimate of drug-likeness (QED) is 0.756. The average Bonchev–Trinajstić information content (AvgIpc) is 3.24. The predicted octanol–water partition coefficient (Wildman–Crippen LogP) is 1.21. The molecule has 1 amide bonds. The lowest BCUT2D eigenvalue weighted by atomic mass is 10.2. The van der Waals surface area contributed by atoms with Crippen molar-refractivity contribution in [1.82, 2.24) is 30.1 Å². The first kappa shape index (κ1) is 14.6. The highest BCUT2D eigenvalue weighted by Gasteiger charge is 2.19. The van der Waals surface area contributed by atoms with E-state index in [1.807, 2.05) is 35.0 Å². The molecule has 24 heavy (non-hydrogen) atoms. The first-order chi connectivity index (χ1) is 11.7. The maximum absolute atomic E-state index is 12.4. The van der Waals surface area contributed by atoms with Gasteiger partial charge in [0.2, 0.25) is 0 Å². The fraction of sp³-hybridized carbons (Fsp3) is 0.250. The number of nitrogens with one attached hydrogen (secondary N) is 2. The minimum atomic E-state index is -0.213. The number of nitrogens with zero attached hydrogens (tertiary/aromatic N) is 5. The monoisotopic (exact) mass is 323 g/mol. The third kappa shape index (κ3) is 2.79. The van der Waals surface area contributed by atoms with Gasteiger partial charge in [-0.1, -0.05) is 0 Å². The van der Waals surface area contributed by atoms with E-state index < -0.39 is 0 Å². The number of benzene rings is 1. The van der Waals surface area contributed by atoms with Gasteiger partial charge in [0, 0.05) is 18.3 Å². The largest absolute Gasteiger partial charge is 0.321 e. The number of amides is 1. The SMILES string of the molecule is CC1Cn2nc(C(=O)Nc3ccc(-n4nccn4)cc3)cc2CN1. The number of carbonyl (C=O) groups excluding carboxylic acids is 1. The molecule has 8 heteroatoms. The van der Waals surface area contributed by atoms with Crippen LogP contribution in [0.25, 0.3) is 5.69 Å². The topological polar surface area (TPSA) is 89.7 Å². The third-order valence-corrected chi connectivity index (χ3v) is 3.95. The zero-order valence-corrected chi connectivity index (χ0v) is 13.2. The molecular formula is C16H17N7O. The van der Waals surface area contributed by atoms with Crippen molar-refractivity contribution in [2.75, 3.05) is 5.32 Å². The van der Waals surface area contributed by atoms with Crippen molar-refractivity contribution in [3.8, 4) is 5.69 Å². The predicted molar refractivity (Wildman–Crippen MR) is 87.8 cm³/mol. The van der Waals surface area contributed by atoms with E-state index in [2.05, 4.69) is 32.9 Å². The van der Waals surface area contributed by atoms with Gasteiger partial charge in [0.05, 0.1) is 30.3 Å². The van der Waals surface area contributed by atoms with E-state index >= 15 is 0 Å². The normalized spacial score (nSPS) is 16.6. The van der Waals surface area contributed by atoms with Crippen molar-refractivity contribution >= 4 is 11.6 Å². The molecule has 0 bridgehead atoms. The van der Waals surface area contributed by atoms with Gasteiger partial charge < -0.3 is 10.6 Å². The Balaban J connectivity index is 1.48. The summed E-state index contributed by atoms with van der Waals surface area (Å²) < 4.78 is 1.89. The number of fused-ring (bicyclic) bond motifs is 1. The van der Waals surface area contributed by atoms with Crippen molar-refractivity contribution in [1.29, 1.82) is 0 Å². The summed E-state index contributed by atoms with van der Waals surface area (Å²) in [5.74, 6) is -0.213. The van der Waals surface area contributed by atoms with Crippen LogP contribution in [-0.4, -0.2) is 36.7 Å². The Kier molecular flexibility index (Phi) is 3.58. The molecule has 8 nitrogen and oxygen atoms in total. The second-order valence-electron chi connectivity index (χ2n) is 5.80. The van der Waals surface area contributed by atoms with E-state index in [9.17, 15) is 4.79 Å². The van der Waals surface area contributed by atoms with E-state index in [0.29, 0.717) is 17.4 Å². The molecule has 3 heterocycles. The molecule has 1 unspecified atom stereocenters. The Morgan fingerprint density at radius 2 is 2.00 bits per heavy atom. The lowest BCUT2D eigenvalue weighted by molar-refractivity contribution is 0.102. The minimum Gasteiger partial charge on any atom is -0.321 e. The highest BCUT2D eigenvalue weighted by atomic mass is 16.2. The third-order valence-electron chi connectivity index (χ3n) is 3.95. The number of rotatable bonds is 3. The van der Waals surface area contributed by atoms with Crippen LogP contribution in [0.15, 0.2) is 42.7 Å². The summed E-state index contributed by atoms with van der Waals surface area (Å²) in [5.41, 5.74) is 2.99. The molecule has 2 aromatic heterocycles. The maximum atomic E-state index is 12.4. The van der Waals surface area contributed by atoms with Gasteiger partial charge in [-0.3, -0.25) is 9.48 Å². The zero-order valence-electron chi connectivity index (χ0n) is 13.2. The Labute approximate surface area is 138 Å². The van der Waals surface area contributed by atoms with Gasteiger partial charge >= 0.3 is 0 Å². The molecule has 1 aromatic carbocycles. The first-order valence-corrected chi connectivity index (χ1v) is 7.77. The van der Waals surface area contributed by atoms with Crippen LogP contribution < -0.4 is 10.6 Å².